The highest BCUT2D eigenvalue weighted by Gasteiger charge is 2.47. The van der Waals surface area contributed by atoms with Gasteiger partial charge in [-0.2, -0.15) is 4.31 Å². The van der Waals surface area contributed by atoms with Crippen LogP contribution in [0.3, 0.4) is 0 Å². The van der Waals surface area contributed by atoms with Gasteiger partial charge in [0, 0.05) is 40.6 Å². The number of nitrogens with zero attached hydrogens (tertiary/aromatic N) is 2. The summed E-state index contributed by atoms with van der Waals surface area (Å²) in [6, 6.07) is 7.93. The molecule has 5 rings (SSSR count). The summed E-state index contributed by atoms with van der Waals surface area (Å²) in [5.74, 6) is -2.46. The van der Waals surface area contributed by atoms with Gasteiger partial charge in [-0.3, -0.25) is 25.2 Å². The van der Waals surface area contributed by atoms with Crippen molar-refractivity contribution in [2.75, 3.05) is 18.1 Å². The standard InChI is InChI=1S/C19H19ClN4O4S.C5H7ClN2O4S/c1-19(17(25)22-18(26)23-19)11-29(27,28)24-7-6-13-8-16(21-9-14(13)10-24)12-2-4-15(20)5-3-12;1-5(2-13(6,11)12)3(9)7-4(10)8-5/h2-5,8-9H,6-7,10-11H2,1H3,(H2,22,23,25,26);2H2,1H3,(H2,7,8,9,10)/t19-;5-/m11/s1. The van der Waals surface area contributed by atoms with Crippen molar-refractivity contribution < 1.29 is 36.0 Å². The van der Waals surface area contributed by atoms with Crippen molar-refractivity contribution in [2.45, 2.75) is 37.9 Å². The zero-order valence-electron chi connectivity index (χ0n) is 22.2. The third-order valence-corrected chi connectivity index (χ3v) is 10.3. The van der Waals surface area contributed by atoms with Crippen LogP contribution >= 0.6 is 22.3 Å². The third-order valence-electron chi connectivity index (χ3n) is 6.76. The lowest BCUT2D eigenvalue weighted by Gasteiger charge is -2.31. The molecule has 4 heterocycles. The third kappa shape index (κ3) is 7.18. The number of benzene rings is 1. The van der Waals surface area contributed by atoms with Gasteiger partial charge in [0.05, 0.1) is 17.2 Å². The number of hydrogen-bond acceptors (Lipinski definition) is 9. The predicted molar refractivity (Wildman–Crippen MR) is 152 cm³/mol. The molecular formula is C24H26Cl2N6O8S2. The van der Waals surface area contributed by atoms with E-state index in [1.807, 2.05) is 23.5 Å². The first-order chi connectivity index (χ1) is 19.4. The molecule has 2 aromatic rings. The fraction of sp³-hybridized carbons (Fsp3) is 0.375. The molecule has 0 spiro atoms. The smallest absolute Gasteiger partial charge is 0.322 e. The molecule has 42 heavy (non-hydrogen) atoms. The zero-order chi connectivity index (χ0) is 31.1. The molecular weight excluding hydrogens is 635 g/mol. The van der Waals surface area contributed by atoms with Gasteiger partial charge >= 0.3 is 12.1 Å². The Kier molecular flexibility index (Phi) is 8.59. The number of rotatable bonds is 6. The van der Waals surface area contributed by atoms with Crippen molar-refractivity contribution >= 4 is 65.2 Å². The van der Waals surface area contributed by atoms with E-state index in [0.717, 1.165) is 22.4 Å². The maximum atomic E-state index is 12.9. The Morgan fingerprint density at radius 2 is 1.43 bits per heavy atom. The largest absolute Gasteiger partial charge is 0.322 e. The summed E-state index contributed by atoms with van der Waals surface area (Å²) in [5, 5.41) is 9.22. The van der Waals surface area contributed by atoms with Crippen molar-refractivity contribution in [2.24, 2.45) is 0 Å². The van der Waals surface area contributed by atoms with E-state index in [2.05, 4.69) is 20.9 Å². The van der Waals surface area contributed by atoms with Crippen molar-refractivity contribution in [3.63, 3.8) is 0 Å². The minimum atomic E-state index is -3.83. The summed E-state index contributed by atoms with van der Waals surface area (Å²) >= 11 is 5.93. The van der Waals surface area contributed by atoms with Gasteiger partial charge in [0.15, 0.2) is 0 Å². The highest BCUT2D eigenvalue weighted by molar-refractivity contribution is 8.13. The van der Waals surface area contributed by atoms with E-state index in [1.54, 1.807) is 18.3 Å². The van der Waals surface area contributed by atoms with E-state index >= 15 is 0 Å². The molecule has 2 atom stereocenters. The quantitative estimate of drug-likeness (QED) is 0.256. The van der Waals surface area contributed by atoms with Crippen LogP contribution in [0.4, 0.5) is 9.59 Å². The van der Waals surface area contributed by atoms with Gasteiger partial charge in [0.2, 0.25) is 19.1 Å². The monoisotopic (exact) mass is 660 g/mol. The van der Waals surface area contributed by atoms with Crippen LogP contribution < -0.4 is 21.3 Å². The number of fused-ring (bicyclic) bond motifs is 1. The van der Waals surface area contributed by atoms with Crippen molar-refractivity contribution in [3.05, 3.63) is 52.7 Å². The lowest BCUT2D eigenvalue weighted by atomic mass is 10.0. The van der Waals surface area contributed by atoms with Crippen LogP contribution in [0, 0.1) is 0 Å². The first kappa shape index (κ1) is 31.6. The number of carbonyl (C=O) groups is 4. The second kappa shape index (κ2) is 11.4. The van der Waals surface area contributed by atoms with Gasteiger partial charge in [0.1, 0.15) is 11.1 Å². The number of halogens is 2. The molecule has 0 radical (unpaired) electrons. The van der Waals surface area contributed by atoms with E-state index in [-0.39, 0.29) is 6.54 Å². The Labute approximate surface area is 251 Å². The summed E-state index contributed by atoms with van der Waals surface area (Å²) in [4.78, 5) is 49.6. The molecule has 1 aromatic heterocycles. The molecule has 0 aliphatic carbocycles. The second-order valence-electron chi connectivity index (χ2n) is 10.3. The fourth-order valence-corrected chi connectivity index (χ4v) is 8.09. The molecule has 6 amide bonds. The van der Waals surface area contributed by atoms with Gasteiger partial charge in [0.25, 0.3) is 11.8 Å². The topological polar surface area (TPSA) is 201 Å². The number of hydrogen-bond donors (Lipinski definition) is 4. The second-order valence-corrected chi connectivity index (χ2v) is 15.5. The molecule has 3 aliphatic heterocycles. The Bertz CT molecular complexity index is 1690. The summed E-state index contributed by atoms with van der Waals surface area (Å²) in [6.07, 6.45) is 2.22. The van der Waals surface area contributed by atoms with Crippen LogP contribution in [0.1, 0.15) is 25.0 Å². The van der Waals surface area contributed by atoms with Crippen LogP contribution in [-0.2, 0) is 41.6 Å². The van der Waals surface area contributed by atoms with Crippen LogP contribution in [0.15, 0.2) is 36.5 Å². The van der Waals surface area contributed by atoms with E-state index < -0.39 is 65.5 Å². The number of sulfonamides is 1. The van der Waals surface area contributed by atoms with Crippen LogP contribution in [0.2, 0.25) is 5.02 Å². The van der Waals surface area contributed by atoms with Gasteiger partial charge in [-0.1, -0.05) is 23.7 Å². The Morgan fingerprint density at radius 3 is 1.93 bits per heavy atom. The average Bonchev–Trinajstić information content (AvgIpc) is 3.27. The minimum absolute atomic E-state index is 0.178. The number of urea groups is 2. The van der Waals surface area contributed by atoms with Crippen LogP contribution in [-0.4, -0.2) is 79.1 Å². The molecule has 0 unspecified atom stereocenters. The highest BCUT2D eigenvalue weighted by Crippen LogP contribution is 2.27. The molecule has 226 valence electrons. The normalized spacial score (nSPS) is 24.1. The molecule has 14 nitrogen and oxygen atoms in total. The highest BCUT2D eigenvalue weighted by atomic mass is 35.7. The Balaban J connectivity index is 0.000000262. The van der Waals surface area contributed by atoms with Gasteiger partial charge in [-0.25, -0.2) is 26.4 Å². The minimum Gasteiger partial charge on any atom is -0.322 e. The molecule has 4 N–H and O–H groups in total. The van der Waals surface area contributed by atoms with E-state index in [0.29, 0.717) is 18.0 Å². The fourth-order valence-electron chi connectivity index (χ4n) is 4.59. The zero-order valence-corrected chi connectivity index (χ0v) is 25.4. The SMILES string of the molecule is C[C@]1(CS(=O)(=O)Cl)NC(=O)NC1=O.C[C@]1(CS(=O)(=O)N2CCc3cc(-c4ccc(Cl)cc4)ncc3C2)NC(=O)NC1=O. The summed E-state index contributed by atoms with van der Waals surface area (Å²) < 4.78 is 48.5. The molecule has 2 fully saturated rings. The molecule has 0 saturated carbocycles. The number of carbonyl (C=O) groups excluding carboxylic acids is 4. The first-order valence-corrected chi connectivity index (χ1v) is 16.8. The van der Waals surface area contributed by atoms with E-state index in [9.17, 15) is 36.0 Å². The molecule has 3 aliphatic rings. The van der Waals surface area contributed by atoms with Crippen molar-refractivity contribution in [3.8, 4) is 11.3 Å². The first-order valence-electron chi connectivity index (χ1n) is 12.3. The average molecular weight is 662 g/mol. The summed E-state index contributed by atoms with van der Waals surface area (Å²) in [6.45, 7) is 3.16. The number of nitrogens with one attached hydrogen (secondary N) is 4. The predicted octanol–water partition coefficient (Wildman–Crippen LogP) is 0.841. The van der Waals surface area contributed by atoms with Crippen LogP contribution in [0.5, 0.6) is 0 Å². The van der Waals surface area contributed by atoms with Gasteiger partial charge in [-0.05, 0) is 49.6 Å². The number of pyridine rings is 1. The lowest BCUT2D eigenvalue weighted by molar-refractivity contribution is -0.123. The number of amides is 6. The lowest BCUT2D eigenvalue weighted by Crippen LogP contribution is -2.53. The van der Waals surface area contributed by atoms with Gasteiger partial charge < -0.3 is 10.6 Å². The Hall–Kier alpha value is -3.31. The van der Waals surface area contributed by atoms with Crippen molar-refractivity contribution in [1.82, 2.24) is 30.6 Å². The summed E-state index contributed by atoms with van der Waals surface area (Å²) in [7, 11) is -2.64. The van der Waals surface area contributed by atoms with E-state index in [1.165, 1.54) is 18.2 Å². The molecule has 1 aromatic carbocycles. The number of aromatic nitrogens is 1. The van der Waals surface area contributed by atoms with Crippen LogP contribution in [0.25, 0.3) is 11.3 Å². The summed E-state index contributed by atoms with van der Waals surface area (Å²) in [5.41, 5.74) is 0.653. The van der Waals surface area contributed by atoms with Gasteiger partial charge in [-0.15, -0.1) is 0 Å². The Morgan fingerprint density at radius 1 is 0.881 bits per heavy atom. The van der Waals surface area contributed by atoms with Crippen molar-refractivity contribution in [1.29, 1.82) is 0 Å². The maximum absolute atomic E-state index is 12.9. The molecule has 2 saturated heterocycles. The molecule has 0 bridgehead atoms. The number of imide groups is 2. The van der Waals surface area contributed by atoms with E-state index in [4.69, 9.17) is 22.3 Å². The molecule has 18 heteroatoms. The maximum Gasteiger partial charge on any atom is 0.322 e.